The van der Waals surface area contributed by atoms with Crippen molar-refractivity contribution in [2.75, 3.05) is 24.6 Å². The third-order valence-corrected chi connectivity index (χ3v) is 2.98. The number of aryl methyl sites for hydroxylation is 1. The molecule has 1 aromatic heterocycles. The monoisotopic (exact) mass is 199 g/mol. The Labute approximate surface area is 81.7 Å². The van der Waals surface area contributed by atoms with Crippen LogP contribution in [-0.4, -0.2) is 39.6 Å². The molecule has 0 N–H and O–H groups in total. The topological polar surface area (TPSA) is 42.2 Å². The molecule has 0 aromatic carbocycles. The second-order valence-electron chi connectivity index (χ2n) is 3.12. The summed E-state index contributed by atoms with van der Waals surface area (Å²) in [5, 5.41) is 3.88. The molecule has 2 rings (SSSR count). The highest BCUT2D eigenvalue weighted by atomic mass is 32.2. The third kappa shape index (κ3) is 2.45. The number of hydrogen-bond donors (Lipinski definition) is 0. The van der Waals surface area contributed by atoms with Gasteiger partial charge in [-0.2, -0.15) is 16.7 Å². The Balaban J connectivity index is 1.89. The molecule has 0 amide bonds. The Hall–Kier alpha value is -0.550. The molecular formula is C8H13N3OS. The lowest BCUT2D eigenvalue weighted by molar-refractivity contribution is 0.280. The van der Waals surface area contributed by atoms with Gasteiger partial charge in [0.05, 0.1) is 6.54 Å². The first-order valence-corrected chi connectivity index (χ1v) is 5.59. The molecule has 0 aliphatic carbocycles. The Morgan fingerprint density at radius 3 is 2.85 bits per heavy atom. The van der Waals surface area contributed by atoms with Crippen LogP contribution in [0.1, 0.15) is 11.7 Å². The van der Waals surface area contributed by atoms with Crippen molar-refractivity contribution < 1.29 is 4.52 Å². The van der Waals surface area contributed by atoms with Crippen molar-refractivity contribution in [2.45, 2.75) is 13.5 Å². The van der Waals surface area contributed by atoms with Crippen molar-refractivity contribution in [3.8, 4) is 0 Å². The molecule has 1 aliphatic heterocycles. The molecule has 2 heterocycles. The summed E-state index contributed by atoms with van der Waals surface area (Å²) in [6.45, 7) is 4.93. The Bertz CT molecular complexity index is 270. The molecule has 1 aromatic rings. The average molecular weight is 199 g/mol. The largest absolute Gasteiger partial charge is 0.340 e. The van der Waals surface area contributed by atoms with E-state index in [0.29, 0.717) is 5.89 Å². The highest BCUT2D eigenvalue weighted by molar-refractivity contribution is 7.99. The number of hydrogen-bond acceptors (Lipinski definition) is 5. The normalized spacial score (nSPS) is 19.2. The predicted molar refractivity (Wildman–Crippen MR) is 51.6 cm³/mol. The van der Waals surface area contributed by atoms with E-state index in [1.807, 2.05) is 18.7 Å². The lowest BCUT2D eigenvalue weighted by Crippen LogP contribution is -2.32. The van der Waals surface area contributed by atoms with Crippen LogP contribution in [0.3, 0.4) is 0 Å². The van der Waals surface area contributed by atoms with Crippen LogP contribution in [0.4, 0.5) is 0 Å². The van der Waals surface area contributed by atoms with Gasteiger partial charge in [0.1, 0.15) is 0 Å². The molecular weight excluding hydrogens is 186 g/mol. The van der Waals surface area contributed by atoms with Crippen LogP contribution in [0.5, 0.6) is 0 Å². The van der Waals surface area contributed by atoms with E-state index in [1.165, 1.54) is 11.5 Å². The van der Waals surface area contributed by atoms with Gasteiger partial charge in [-0.1, -0.05) is 5.16 Å². The molecule has 72 valence electrons. The molecule has 0 saturated carbocycles. The SMILES string of the molecule is Cc1nc(CN2CCSCC2)no1. The van der Waals surface area contributed by atoms with Crippen LogP contribution < -0.4 is 0 Å². The van der Waals surface area contributed by atoms with Gasteiger partial charge in [0.2, 0.25) is 5.89 Å². The second-order valence-corrected chi connectivity index (χ2v) is 4.34. The highest BCUT2D eigenvalue weighted by Gasteiger charge is 2.13. The number of rotatable bonds is 2. The maximum atomic E-state index is 4.91. The molecule has 1 fully saturated rings. The van der Waals surface area contributed by atoms with Gasteiger partial charge in [-0.15, -0.1) is 0 Å². The van der Waals surface area contributed by atoms with E-state index in [0.717, 1.165) is 25.5 Å². The van der Waals surface area contributed by atoms with Gasteiger partial charge in [0.25, 0.3) is 0 Å². The van der Waals surface area contributed by atoms with Crippen molar-refractivity contribution in [1.29, 1.82) is 0 Å². The highest BCUT2D eigenvalue weighted by Crippen LogP contribution is 2.11. The van der Waals surface area contributed by atoms with E-state index < -0.39 is 0 Å². The van der Waals surface area contributed by atoms with E-state index >= 15 is 0 Å². The third-order valence-electron chi connectivity index (χ3n) is 2.04. The number of nitrogens with zero attached hydrogens (tertiary/aromatic N) is 3. The quantitative estimate of drug-likeness (QED) is 0.708. The van der Waals surface area contributed by atoms with Crippen LogP contribution in [-0.2, 0) is 6.54 Å². The number of thioether (sulfide) groups is 1. The first-order valence-electron chi connectivity index (χ1n) is 4.44. The second kappa shape index (κ2) is 4.11. The van der Waals surface area contributed by atoms with Gasteiger partial charge in [-0.25, -0.2) is 0 Å². The lowest BCUT2D eigenvalue weighted by Gasteiger charge is -2.24. The lowest BCUT2D eigenvalue weighted by atomic mass is 10.4. The standard InChI is InChI=1S/C8H13N3OS/c1-7-9-8(10-12-7)6-11-2-4-13-5-3-11/h2-6H2,1H3. The fourth-order valence-electron chi connectivity index (χ4n) is 1.36. The van der Waals surface area contributed by atoms with Gasteiger partial charge in [0.15, 0.2) is 5.82 Å². The van der Waals surface area contributed by atoms with Gasteiger partial charge in [0, 0.05) is 31.5 Å². The van der Waals surface area contributed by atoms with Crippen molar-refractivity contribution in [2.24, 2.45) is 0 Å². The summed E-state index contributed by atoms with van der Waals surface area (Å²) in [5.74, 6) is 3.90. The maximum absolute atomic E-state index is 4.91. The van der Waals surface area contributed by atoms with E-state index in [1.54, 1.807) is 0 Å². The van der Waals surface area contributed by atoms with Gasteiger partial charge >= 0.3 is 0 Å². The van der Waals surface area contributed by atoms with Crippen LogP contribution >= 0.6 is 11.8 Å². The Morgan fingerprint density at radius 2 is 2.23 bits per heavy atom. The zero-order valence-electron chi connectivity index (χ0n) is 7.69. The molecule has 1 aliphatic rings. The number of aromatic nitrogens is 2. The maximum Gasteiger partial charge on any atom is 0.223 e. The van der Waals surface area contributed by atoms with E-state index in [2.05, 4.69) is 15.0 Å². The van der Waals surface area contributed by atoms with E-state index in [4.69, 9.17) is 4.52 Å². The van der Waals surface area contributed by atoms with Crippen LogP contribution in [0, 0.1) is 6.92 Å². The Morgan fingerprint density at radius 1 is 1.46 bits per heavy atom. The first-order chi connectivity index (χ1) is 6.34. The smallest absolute Gasteiger partial charge is 0.223 e. The minimum atomic E-state index is 0.654. The van der Waals surface area contributed by atoms with E-state index in [9.17, 15) is 0 Å². The molecule has 5 heteroatoms. The predicted octanol–water partition coefficient (Wildman–Crippen LogP) is 0.927. The van der Waals surface area contributed by atoms with E-state index in [-0.39, 0.29) is 0 Å². The average Bonchev–Trinajstić information content (AvgIpc) is 2.53. The van der Waals surface area contributed by atoms with Gasteiger partial charge < -0.3 is 4.52 Å². The van der Waals surface area contributed by atoms with Crippen LogP contribution in [0.2, 0.25) is 0 Å². The van der Waals surface area contributed by atoms with Crippen molar-refractivity contribution >= 4 is 11.8 Å². The fraction of sp³-hybridized carbons (Fsp3) is 0.750. The molecule has 13 heavy (non-hydrogen) atoms. The first kappa shape index (κ1) is 9.02. The molecule has 1 saturated heterocycles. The van der Waals surface area contributed by atoms with Crippen molar-refractivity contribution in [3.63, 3.8) is 0 Å². The molecule has 0 radical (unpaired) electrons. The Kier molecular flexibility index (Phi) is 2.85. The van der Waals surface area contributed by atoms with Gasteiger partial charge in [-0.3, -0.25) is 4.90 Å². The summed E-state index contributed by atoms with van der Waals surface area (Å²) >= 11 is 2.01. The molecule has 0 unspecified atom stereocenters. The summed E-state index contributed by atoms with van der Waals surface area (Å²) in [6.07, 6.45) is 0. The van der Waals surface area contributed by atoms with Crippen molar-refractivity contribution in [1.82, 2.24) is 15.0 Å². The molecule has 0 bridgehead atoms. The fourth-order valence-corrected chi connectivity index (χ4v) is 2.34. The van der Waals surface area contributed by atoms with Crippen LogP contribution in [0.25, 0.3) is 0 Å². The zero-order valence-corrected chi connectivity index (χ0v) is 8.51. The summed E-state index contributed by atoms with van der Waals surface area (Å²) in [7, 11) is 0. The summed E-state index contributed by atoms with van der Waals surface area (Å²) < 4.78 is 4.91. The van der Waals surface area contributed by atoms with Crippen LogP contribution in [0.15, 0.2) is 4.52 Å². The summed E-state index contributed by atoms with van der Waals surface area (Å²) in [4.78, 5) is 6.54. The zero-order chi connectivity index (χ0) is 9.10. The molecule has 4 nitrogen and oxygen atoms in total. The summed E-state index contributed by atoms with van der Waals surface area (Å²) in [5.41, 5.74) is 0. The minimum Gasteiger partial charge on any atom is -0.340 e. The summed E-state index contributed by atoms with van der Waals surface area (Å²) in [6, 6.07) is 0. The van der Waals surface area contributed by atoms with Gasteiger partial charge in [-0.05, 0) is 0 Å². The van der Waals surface area contributed by atoms with Crippen molar-refractivity contribution in [3.05, 3.63) is 11.7 Å². The molecule has 0 atom stereocenters. The molecule has 0 spiro atoms. The minimum absolute atomic E-state index is 0.654.